The maximum Gasteiger partial charge on any atom is 0.317 e. The van der Waals surface area contributed by atoms with Crippen LogP contribution in [0, 0.1) is 5.92 Å². The third-order valence-corrected chi connectivity index (χ3v) is 4.13. The normalized spacial score (nSPS) is 21.7. The van der Waals surface area contributed by atoms with Crippen LogP contribution in [-0.4, -0.2) is 82.5 Å². The molecule has 1 saturated heterocycles. The SMILES string of the molecule is CN(C)CC1CN(C(=O)NCc2nnnn2CC2CC2)CCO1. The van der Waals surface area contributed by atoms with E-state index in [9.17, 15) is 4.79 Å². The minimum atomic E-state index is -0.0852. The summed E-state index contributed by atoms with van der Waals surface area (Å²) in [5, 5.41) is 14.6. The highest BCUT2D eigenvalue weighted by Gasteiger charge is 2.26. The number of rotatable bonds is 6. The second-order valence-corrected chi connectivity index (χ2v) is 6.58. The lowest BCUT2D eigenvalue weighted by Gasteiger charge is -2.34. The Bertz CT molecular complexity index is 529. The van der Waals surface area contributed by atoms with Crippen molar-refractivity contribution in [3.05, 3.63) is 5.82 Å². The zero-order chi connectivity index (χ0) is 16.2. The van der Waals surface area contributed by atoms with E-state index in [1.165, 1.54) is 12.8 Å². The van der Waals surface area contributed by atoms with E-state index < -0.39 is 0 Å². The lowest BCUT2D eigenvalue weighted by molar-refractivity contribution is -0.0246. The van der Waals surface area contributed by atoms with Gasteiger partial charge in [-0.15, -0.1) is 5.10 Å². The van der Waals surface area contributed by atoms with Gasteiger partial charge < -0.3 is 19.9 Å². The predicted octanol–water partition coefficient (Wildman–Crippen LogP) is -0.445. The number of hydrogen-bond acceptors (Lipinski definition) is 6. The first-order valence-corrected chi connectivity index (χ1v) is 8.16. The minimum Gasteiger partial charge on any atom is -0.373 e. The average Bonchev–Trinajstić information content (AvgIpc) is 3.22. The van der Waals surface area contributed by atoms with Gasteiger partial charge in [-0.1, -0.05) is 0 Å². The molecule has 1 saturated carbocycles. The van der Waals surface area contributed by atoms with Crippen LogP contribution < -0.4 is 5.32 Å². The molecule has 1 aromatic heterocycles. The fourth-order valence-electron chi connectivity index (χ4n) is 2.72. The third-order valence-electron chi connectivity index (χ3n) is 4.13. The van der Waals surface area contributed by atoms with Crippen molar-refractivity contribution in [2.24, 2.45) is 5.92 Å². The van der Waals surface area contributed by atoms with E-state index in [1.54, 1.807) is 9.58 Å². The lowest BCUT2D eigenvalue weighted by Crippen LogP contribution is -2.51. The van der Waals surface area contributed by atoms with Crippen molar-refractivity contribution in [3.63, 3.8) is 0 Å². The molecule has 9 heteroatoms. The smallest absolute Gasteiger partial charge is 0.317 e. The second-order valence-electron chi connectivity index (χ2n) is 6.58. The number of tetrazole rings is 1. The Labute approximate surface area is 135 Å². The Balaban J connectivity index is 1.48. The van der Waals surface area contributed by atoms with E-state index in [0.717, 1.165) is 13.1 Å². The van der Waals surface area contributed by atoms with Crippen LogP contribution in [-0.2, 0) is 17.8 Å². The largest absolute Gasteiger partial charge is 0.373 e. The van der Waals surface area contributed by atoms with Gasteiger partial charge in [-0.05, 0) is 43.3 Å². The number of ether oxygens (including phenoxy) is 1. The average molecular weight is 323 g/mol. The number of amides is 2. The van der Waals surface area contributed by atoms with Gasteiger partial charge in [0.15, 0.2) is 5.82 Å². The summed E-state index contributed by atoms with van der Waals surface area (Å²) in [5.74, 6) is 1.40. The van der Waals surface area contributed by atoms with Crippen molar-refractivity contribution in [2.45, 2.75) is 32.0 Å². The quantitative estimate of drug-likeness (QED) is 0.763. The second kappa shape index (κ2) is 7.22. The number of urea groups is 1. The minimum absolute atomic E-state index is 0.0599. The number of nitrogens with one attached hydrogen (secondary N) is 1. The maximum absolute atomic E-state index is 12.3. The van der Waals surface area contributed by atoms with Gasteiger partial charge in [0.2, 0.25) is 0 Å². The van der Waals surface area contributed by atoms with Gasteiger partial charge in [0, 0.05) is 26.2 Å². The molecule has 1 unspecified atom stereocenters. The summed E-state index contributed by atoms with van der Waals surface area (Å²) in [6, 6.07) is -0.0852. The molecule has 128 valence electrons. The molecule has 23 heavy (non-hydrogen) atoms. The molecule has 0 radical (unpaired) electrons. The van der Waals surface area contributed by atoms with Crippen molar-refractivity contribution < 1.29 is 9.53 Å². The molecule has 1 N–H and O–H groups in total. The zero-order valence-corrected chi connectivity index (χ0v) is 13.8. The number of morpholine rings is 1. The van der Waals surface area contributed by atoms with Gasteiger partial charge in [-0.25, -0.2) is 9.48 Å². The fourth-order valence-corrected chi connectivity index (χ4v) is 2.72. The first-order valence-electron chi connectivity index (χ1n) is 8.16. The molecule has 3 rings (SSSR count). The summed E-state index contributed by atoms with van der Waals surface area (Å²) >= 11 is 0. The predicted molar refractivity (Wildman–Crippen MR) is 82.6 cm³/mol. The number of hydrogen-bond donors (Lipinski definition) is 1. The molecule has 2 amide bonds. The Morgan fingerprint density at radius 3 is 3.00 bits per heavy atom. The fraction of sp³-hybridized carbons (Fsp3) is 0.857. The van der Waals surface area contributed by atoms with Crippen LogP contribution >= 0.6 is 0 Å². The van der Waals surface area contributed by atoms with Gasteiger partial charge in [0.05, 0.1) is 19.3 Å². The molecule has 2 heterocycles. The summed E-state index contributed by atoms with van der Waals surface area (Å²) in [6.07, 6.45) is 2.55. The molecular formula is C14H25N7O2. The van der Waals surface area contributed by atoms with E-state index in [1.807, 2.05) is 14.1 Å². The molecule has 0 aromatic carbocycles. The maximum atomic E-state index is 12.3. The Morgan fingerprint density at radius 1 is 1.43 bits per heavy atom. The van der Waals surface area contributed by atoms with E-state index in [4.69, 9.17) is 4.74 Å². The highest BCUT2D eigenvalue weighted by atomic mass is 16.5. The standard InChI is InChI=1S/C14H25N7O2/c1-19(2)9-12-10-20(5-6-23-12)14(22)15-7-13-16-17-18-21(13)8-11-3-4-11/h11-12H,3-10H2,1-2H3,(H,15,22). The summed E-state index contributed by atoms with van der Waals surface area (Å²) in [5.41, 5.74) is 0. The Morgan fingerprint density at radius 2 is 2.26 bits per heavy atom. The van der Waals surface area contributed by atoms with Crippen LogP contribution in [0.2, 0.25) is 0 Å². The van der Waals surface area contributed by atoms with Crippen LogP contribution in [0.3, 0.4) is 0 Å². The van der Waals surface area contributed by atoms with Crippen LogP contribution in [0.4, 0.5) is 4.79 Å². The number of carbonyl (C=O) groups excluding carboxylic acids is 1. The number of likely N-dealkylation sites (N-methyl/N-ethyl adjacent to an activating group) is 1. The summed E-state index contributed by atoms with van der Waals surface area (Å²) < 4.78 is 7.49. The molecule has 0 spiro atoms. The van der Waals surface area contributed by atoms with Gasteiger partial charge in [-0.3, -0.25) is 0 Å². The van der Waals surface area contributed by atoms with Crippen LogP contribution in [0.25, 0.3) is 0 Å². The first kappa shape index (κ1) is 16.1. The highest BCUT2D eigenvalue weighted by Crippen LogP contribution is 2.30. The van der Waals surface area contributed by atoms with Gasteiger partial charge in [0.1, 0.15) is 0 Å². The molecular weight excluding hydrogens is 298 g/mol. The highest BCUT2D eigenvalue weighted by molar-refractivity contribution is 5.74. The van der Waals surface area contributed by atoms with Crippen molar-refractivity contribution in [3.8, 4) is 0 Å². The van der Waals surface area contributed by atoms with Crippen LogP contribution in [0.5, 0.6) is 0 Å². The van der Waals surface area contributed by atoms with E-state index >= 15 is 0 Å². The summed E-state index contributed by atoms with van der Waals surface area (Å²) in [4.78, 5) is 16.2. The van der Waals surface area contributed by atoms with Crippen LogP contribution in [0.1, 0.15) is 18.7 Å². The molecule has 2 fully saturated rings. The van der Waals surface area contributed by atoms with Gasteiger partial charge in [0.25, 0.3) is 0 Å². The monoisotopic (exact) mass is 323 g/mol. The molecule has 2 aliphatic rings. The first-order chi connectivity index (χ1) is 11.1. The van der Waals surface area contributed by atoms with Crippen molar-refractivity contribution in [1.29, 1.82) is 0 Å². The van der Waals surface area contributed by atoms with E-state index in [0.29, 0.717) is 38.0 Å². The summed E-state index contributed by atoms with van der Waals surface area (Å²) in [7, 11) is 4.00. The number of nitrogens with zero attached hydrogens (tertiary/aromatic N) is 6. The Hall–Kier alpha value is -1.74. The van der Waals surface area contributed by atoms with Crippen molar-refractivity contribution in [2.75, 3.05) is 40.3 Å². The summed E-state index contributed by atoms with van der Waals surface area (Å²) in [6.45, 7) is 3.81. The molecule has 9 nitrogen and oxygen atoms in total. The topological polar surface area (TPSA) is 88.4 Å². The van der Waals surface area contributed by atoms with E-state index in [2.05, 4.69) is 25.7 Å². The van der Waals surface area contributed by atoms with Crippen molar-refractivity contribution >= 4 is 6.03 Å². The van der Waals surface area contributed by atoms with Crippen molar-refractivity contribution in [1.82, 2.24) is 35.3 Å². The Kier molecular flexibility index (Phi) is 5.06. The molecule has 1 aliphatic carbocycles. The third kappa shape index (κ3) is 4.61. The molecule has 0 bridgehead atoms. The molecule has 1 aliphatic heterocycles. The number of carbonyl (C=O) groups is 1. The molecule has 1 aromatic rings. The van der Waals surface area contributed by atoms with E-state index in [-0.39, 0.29) is 12.1 Å². The van der Waals surface area contributed by atoms with Crippen LogP contribution in [0.15, 0.2) is 0 Å². The van der Waals surface area contributed by atoms with Gasteiger partial charge >= 0.3 is 6.03 Å². The number of aromatic nitrogens is 4. The zero-order valence-electron chi connectivity index (χ0n) is 13.8. The van der Waals surface area contributed by atoms with Gasteiger partial charge in [-0.2, -0.15) is 0 Å². The molecule has 1 atom stereocenters. The lowest BCUT2D eigenvalue weighted by atomic mass is 10.2.